The molecule has 1 aliphatic rings. The van der Waals surface area contributed by atoms with Crippen molar-refractivity contribution in [1.29, 1.82) is 0 Å². The summed E-state index contributed by atoms with van der Waals surface area (Å²) in [7, 11) is 0. The lowest BCUT2D eigenvalue weighted by molar-refractivity contribution is -0.119. The van der Waals surface area contributed by atoms with Gasteiger partial charge in [-0.15, -0.1) is 0 Å². The molecule has 3 N–H and O–H groups in total. The molecule has 5 heteroatoms. The van der Waals surface area contributed by atoms with Crippen LogP contribution in [0.15, 0.2) is 18.3 Å². The van der Waals surface area contributed by atoms with Crippen LogP contribution in [0.5, 0.6) is 0 Å². The van der Waals surface area contributed by atoms with Crippen LogP contribution < -0.4 is 11.1 Å². The van der Waals surface area contributed by atoms with E-state index in [1.165, 1.54) is 31.2 Å². The maximum Gasteiger partial charge on any atom is 0.231 e. The van der Waals surface area contributed by atoms with Crippen molar-refractivity contribution in [2.24, 2.45) is 5.73 Å². The highest BCUT2D eigenvalue weighted by atomic mass is 16.1. The number of aromatic nitrogens is 1. The molecule has 1 aliphatic carbocycles. The molecule has 0 saturated heterocycles. The second kappa shape index (κ2) is 7.24. The number of carbonyl (C=O) groups is 1. The van der Waals surface area contributed by atoms with Gasteiger partial charge in [-0.1, -0.05) is 12.8 Å². The van der Waals surface area contributed by atoms with E-state index in [0.29, 0.717) is 12.6 Å². The highest BCUT2D eigenvalue weighted by molar-refractivity contribution is 5.76. The van der Waals surface area contributed by atoms with Crippen molar-refractivity contribution in [3.8, 4) is 0 Å². The van der Waals surface area contributed by atoms with Gasteiger partial charge in [0.25, 0.3) is 0 Å². The van der Waals surface area contributed by atoms with Crippen LogP contribution in [-0.2, 0) is 11.3 Å². The van der Waals surface area contributed by atoms with Crippen molar-refractivity contribution in [2.75, 3.05) is 18.4 Å². The van der Waals surface area contributed by atoms with Crippen molar-refractivity contribution in [2.45, 2.75) is 45.2 Å². The van der Waals surface area contributed by atoms with Crippen molar-refractivity contribution < 1.29 is 4.79 Å². The van der Waals surface area contributed by atoms with Crippen LogP contribution in [0, 0.1) is 0 Å². The van der Waals surface area contributed by atoms with E-state index in [1.54, 1.807) is 0 Å². The lowest BCUT2D eigenvalue weighted by atomic mass is 10.1. The largest absolute Gasteiger partial charge is 0.370 e. The summed E-state index contributed by atoms with van der Waals surface area (Å²) in [6, 6.07) is 4.54. The number of nitrogens with one attached hydrogen (secondary N) is 1. The molecular weight excluding hydrogens is 252 g/mol. The first kappa shape index (κ1) is 14.8. The molecule has 2 rings (SSSR count). The van der Waals surface area contributed by atoms with Gasteiger partial charge in [0.2, 0.25) is 5.91 Å². The van der Waals surface area contributed by atoms with Crippen LogP contribution in [0.3, 0.4) is 0 Å². The van der Waals surface area contributed by atoms with E-state index >= 15 is 0 Å². The second-order valence-corrected chi connectivity index (χ2v) is 5.39. The number of hydrogen-bond donors (Lipinski definition) is 2. The zero-order chi connectivity index (χ0) is 14.4. The highest BCUT2D eigenvalue weighted by Gasteiger charge is 2.23. The Morgan fingerprint density at radius 2 is 2.25 bits per heavy atom. The first-order valence-corrected chi connectivity index (χ1v) is 7.40. The number of rotatable bonds is 7. The van der Waals surface area contributed by atoms with Crippen molar-refractivity contribution >= 4 is 11.7 Å². The van der Waals surface area contributed by atoms with E-state index in [0.717, 1.165) is 18.9 Å². The Morgan fingerprint density at radius 3 is 2.90 bits per heavy atom. The fourth-order valence-corrected chi connectivity index (χ4v) is 2.87. The standard InChI is InChI=1S/C15H24N4O/c1-2-17-15-9-12(7-8-18-15)10-19(11-14(16)20)13-5-3-4-6-13/h7-9,13H,2-6,10-11H2,1H3,(H2,16,20)(H,17,18). The third-order valence-corrected chi connectivity index (χ3v) is 3.77. The van der Waals surface area contributed by atoms with Crippen LogP contribution in [0.1, 0.15) is 38.2 Å². The minimum absolute atomic E-state index is 0.252. The van der Waals surface area contributed by atoms with Gasteiger partial charge in [-0.3, -0.25) is 9.69 Å². The molecule has 1 aromatic rings. The number of pyridine rings is 1. The molecule has 0 bridgehead atoms. The maximum absolute atomic E-state index is 11.3. The molecule has 0 radical (unpaired) electrons. The van der Waals surface area contributed by atoms with Gasteiger partial charge in [0.1, 0.15) is 5.82 Å². The first-order chi connectivity index (χ1) is 9.69. The van der Waals surface area contributed by atoms with Crippen molar-refractivity contribution in [3.05, 3.63) is 23.9 Å². The number of carbonyl (C=O) groups excluding carboxylic acids is 1. The number of primary amides is 1. The molecule has 1 amide bonds. The SMILES string of the molecule is CCNc1cc(CN(CC(N)=O)C2CCCC2)ccn1. The molecule has 1 heterocycles. The Labute approximate surface area is 120 Å². The normalized spacial score (nSPS) is 15.7. The molecule has 0 aromatic carbocycles. The summed E-state index contributed by atoms with van der Waals surface area (Å²) in [6.07, 6.45) is 6.64. The number of hydrogen-bond acceptors (Lipinski definition) is 4. The monoisotopic (exact) mass is 276 g/mol. The Kier molecular flexibility index (Phi) is 5.35. The van der Waals surface area contributed by atoms with E-state index in [9.17, 15) is 4.79 Å². The summed E-state index contributed by atoms with van der Waals surface area (Å²) >= 11 is 0. The van der Waals surface area contributed by atoms with Gasteiger partial charge in [-0.05, 0) is 37.5 Å². The summed E-state index contributed by atoms with van der Waals surface area (Å²) in [4.78, 5) is 17.8. The predicted octanol–water partition coefficient (Wildman–Crippen LogP) is 1.74. The third-order valence-electron chi connectivity index (χ3n) is 3.77. The van der Waals surface area contributed by atoms with Crippen LogP contribution in [0.25, 0.3) is 0 Å². The summed E-state index contributed by atoms with van der Waals surface area (Å²) < 4.78 is 0. The summed E-state index contributed by atoms with van der Waals surface area (Å²) in [5.74, 6) is 0.633. The van der Waals surface area contributed by atoms with Crippen molar-refractivity contribution in [3.63, 3.8) is 0 Å². The Hall–Kier alpha value is -1.62. The lowest BCUT2D eigenvalue weighted by Gasteiger charge is -2.27. The van der Waals surface area contributed by atoms with Gasteiger partial charge in [-0.25, -0.2) is 4.98 Å². The third kappa shape index (κ3) is 4.20. The first-order valence-electron chi connectivity index (χ1n) is 7.40. The number of nitrogens with zero attached hydrogens (tertiary/aromatic N) is 2. The molecule has 0 spiro atoms. The van der Waals surface area contributed by atoms with Gasteiger partial charge in [0.15, 0.2) is 0 Å². The van der Waals surface area contributed by atoms with Gasteiger partial charge in [0.05, 0.1) is 6.54 Å². The van der Waals surface area contributed by atoms with Crippen LogP contribution in [-0.4, -0.2) is 34.9 Å². The molecule has 5 nitrogen and oxygen atoms in total. The van der Waals surface area contributed by atoms with Gasteiger partial charge >= 0.3 is 0 Å². The zero-order valence-electron chi connectivity index (χ0n) is 12.1. The van der Waals surface area contributed by atoms with Gasteiger partial charge < -0.3 is 11.1 Å². The molecule has 1 saturated carbocycles. The Morgan fingerprint density at radius 1 is 1.50 bits per heavy atom. The van der Waals surface area contributed by atoms with E-state index < -0.39 is 0 Å². The van der Waals surface area contributed by atoms with Crippen LogP contribution in [0.2, 0.25) is 0 Å². The smallest absolute Gasteiger partial charge is 0.231 e. The quantitative estimate of drug-likeness (QED) is 0.796. The Balaban J connectivity index is 2.05. The van der Waals surface area contributed by atoms with E-state index in [1.807, 2.05) is 25.3 Å². The maximum atomic E-state index is 11.3. The molecule has 1 fully saturated rings. The molecule has 0 unspecified atom stereocenters. The summed E-state index contributed by atoms with van der Waals surface area (Å²) in [6.45, 7) is 3.99. The van der Waals surface area contributed by atoms with Crippen LogP contribution in [0.4, 0.5) is 5.82 Å². The highest BCUT2D eigenvalue weighted by Crippen LogP contribution is 2.25. The molecule has 1 aromatic heterocycles. The molecule has 0 aliphatic heterocycles. The average molecular weight is 276 g/mol. The fraction of sp³-hybridized carbons (Fsp3) is 0.600. The lowest BCUT2D eigenvalue weighted by Crippen LogP contribution is -2.39. The van der Waals surface area contributed by atoms with Gasteiger partial charge in [0, 0.05) is 25.3 Å². The molecule has 0 atom stereocenters. The van der Waals surface area contributed by atoms with Crippen molar-refractivity contribution in [1.82, 2.24) is 9.88 Å². The molecular formula is C15H24N4O. The summed E-state index contributed by atoms with van der Waals surface area (Å²) in [5, 5.41) is 3.21. The molecule has 20 heavy (non-hydrogen) atoms. The van der Waals surface area contributed by atoms with E-state index in [-0.39, 0.29) is 5.91 Å². The number of amides is 1. The minimum atomic E-state index is -0.252. The Bertz CT molecular complexity index is 443. The van der Waals surface area contributed by atoms with E-state index in [4.69, 9.17) is 5.73 Å². The second-order valence-electron chi connectivity index (χ2n) is 5.39. The zero-order valence-corrected chi connectivity index (χ0v) is 12.1. The topological polar surface area (TPSA) is 71.2 Å². The summed E-state index contributed by atoms with van der Waals surface area (Å²) in [5.41, 5.74) is 6.56. The fourth-order valence-electron chi connectivity index (χ4n) is 2.87. The van der Waals surface area contributed by atoms with Gasteiger partial charge in [-0.2, -0.15) is 0 Å². The predicted molar refractivity (Wildman–Crippen MR) is 80.3 cm³/mol. The molecule has 110 valence electrons. The number of anilines is 1. The number of nitrogens with two attached hydrogens (primary N) is 1. The van der Waals surface area contributed by atoms with E-state index in [2.05, 4.69) is 15.2 Å². The average Bonchev–Trinajstić information content (AvgIpc) is 2.92. The van der Waals surface area contributed by atoms with Crippen LogP contribution >= 0.6 is 0 Å². The minimum Gasteiger partial charge on any atom is -0.370 e.